The molecule has 0 spiro atoms. The molecular formula is C46H30N2. The zero-order chi connectivity index (χ0) is 47.5. The van der Waals surface area contributed by atoms with Crippen LogP contribution in [0.3, 0.4) is 0 Å². The van der Waals surface area contributed by atoms with Crippen LogP contribution in [0, 0.1) is 0 Å². The zero-order valence-electron chi connectivity index (χ0n) is 42.8. The molecule has 0 aliphatic carbocycles. The van der Waals surface area contributed by atoms with Crippen molar-refractivity contribution in [1.29, 1.82) is 0 Å². The second-order valence-corrected chi connectivity index (χ2v) is 10.8. The number of nitrogens with zero attached hydrogens (tertiary/aromatic N) is 2. The van der Waals surface area contributed by atoms with Crippen molar-refractivity contribution in [3.63, 3.8) is 0 Å². The predicted octanol–water partition coefficient (Wildman–Crippen LogP) is 12.3. The first-order chi connectivity index (χ1) is 31.3. The zero-order valence-corrected chi connectivity index (χ0v) is 24.8. The Bertz CT molecular complexity index is 3600. The van der Waals surface area contributed by atoms with Gasteiger partial charge >= 0.3 is 0 Å². The second kappa shape index (κ2) is 11.8. The maximum Gasteiger partial charge on any atom is 0.160 e. The van der Waals surface area contributed by atoms with Crippen molar-refractivity contribution >= 4 is 32.3 Å². The van der Waals surface area contributed by atoms with Crippen LogP contribution < -0.4 is 0 Å². The third kappa shape index (κ3) is 4.92. The van der Waals surface area contributed by atoms with Gasteiger partial charge in [-0.05, 0) is 66.7 Å². The highest BCUT2D eigenvalue weighted by Crippen LogP contribution is 2.40. The fraction of sp³-hybridized carbons (Fsp3) is 0. The molecule has 0 atom stereocenters. The SMILES string of the molecule is [2H]c1c([2H])c([2H])c(-c2nc(-c3ccc(-c4ccccc4)c4ccccc34)cc(-c3c([2H])c([2H])c(-c4c([2H])c([2H])c5c([2H])c([2H])c([2H])c([2H])c5c4[2H])c4c([2H])c([2H])c([2H])c([2H])c34)n2)c([2H])c1[2H]. The Morgan fingerprint density at radius 2 is 0.979 bits per heavy atom. The highest BCUT2D eigenvalue weighted by molar-refractivity contribution is 6.07. The van der Waals surface area contributed by atoms with Crippen molar-refractivity contribution < 1.29 is 24.7 Å². The molecule has 2 nitrogen and oxygen atoms in total. The molecule has 48 heavy (non-hydrogen) atoms. The molecule has 1 heterocycles. The largest absolute Gasteiger partial charge is 0.228 e. The first-order valence-corrected chi connectivity index (χ1v) is 14.9. The van der Waals surface area contributed by atoms with Crippen LogP contribution in [0.5, 0.6) is 0 Å². The number of hydrogen-bond acceptors (Lipinski definition) is 2. The quantitative estimate of drug-likeness (QED) is 0.189. The lowest BCUT2D eigenvalue weighted by atomic mass is 9.91. The van der Waals surface area contributed by atoms with Crippen LogP contribution in [0.2, 0.25) is 0 Å². The molecule has 1 aromatic heterocycles. The van der Waals surface area contributed by atoms with E-state index in [1.807, 2.05) is 54.6 Å². The lowest BCUT2D eigenvalue weighted by Crippen LogP contribution is -1.97. The molecule has 0 aliphatic rings. The van der Waals surface area contributed by atoms with Crippen molar-refractivity contribution in [2.75, 3.05) is 0 Å². The topological polar surface area (TPSA) is 25.8 Å². The lowest BCUT2D eigenvalue weighted by molar-refractivity contribution is 1.19. The number of rotatable bonds is 5. The molecule has 0 saturated carbocycles. The number of hydrogen-bond donors (Lipinski definition) is 0. The van der Waals surface area contributed by atoms with Gasteiger partial charge in [0.15, 0.2) is 5.82 Å². The molecule has 2 heteroatoms. The molecule has 0 radical (unpaired) electrons. The van der Waals surface area contributed by atoms with Gasteiger partial charge in [0.25, 0.3) is 0 Å². The number of benzene rings is 8. The van der Waals surface area contributed by atoms with E-state index in [1.54, 1.807) is 12.1 Å². The van der Waals surface area contributed by atoms with Gasteiger partial charge in [-0.1, -0.05) is 169 Å². The Balaban J connectivity index is 1.45. The van der Waals surface area contributed by atoms with Crippen LogP contribution >= 0.6 is 0 Å². The van der Waals surface area contributed by atoms with Crippen LogP contribution in [-0.4, -0.2) is 9.97 Å². The summed E-state index contributed by atoms with van der Waals surface area (Å²) in [5.41, 5.74) is 0.136. The Morgan fingerprint density at radius 3 is 1.77 bits per heavy atom. The molecule has 0 aliphatic heterocycles. The lowest BCUT2D eigenvalue weighted by Gasteiger charge is -2.15. The standard InChI is InChI=1S/C46H30N2/c1-3-14-32(15-4-1)36-25-27-42(40-21-11-9-19-38(36)40)44-30-45(48-46(47-44)33-16-5-2-6-17-33)43-28-26-37(39-20-10-12-22-41(39)43)35-24-23-31-13-7-8-18-34(31)29-35/h1-30H/i2D,5D,6D,7D,8D,10D,12D,13D,16D,17D,18D,20D,22D,23D,24D,26D,28D,29D. The van der Waals surface area contributed by atoms with Gasteiger partial charge in [0.1, 0.15) is 0 Å². The van der Waals surface area contributed by atoms with Gasteiger partial charge < -0.3 is 0 Å². The van der Waals surface area contributed by atoms with Gasteiger partial charge in [-0.2, -0.15) is 0 Å². The van der Waals surface area contributed by atoms with Crippen molar-refractivity contribution in [3.05, 3.63) is 182 Å². The van der Waals surface area contributed by atoms with Gasteiger partial charge in [-0.25, -0.2) is 9.97 Å². The van der Waals surface area contributed by atoms with Gasteiger partial charge in [0.05, 0.1) is 36.1 Å². The molecule has 0 bridgehead atoms. The fourth-order valence-corrected chi connectivity index (χ4v) is 5.80. The van der Waals surface area contributed by atoms with E-state index in [0.717, 1.165) is 16.5 Å². The summed E-state index contributed by atoms with van der Waals surface area (Å²) in [7, 11) is 0. The van der Waals surface area contributed by atoms with Crippen LogP contribution in [0.4, 0.5) is 0 Å². The van der Waals surface area contributed by atoms with Crippen LogP contribution in [0.15, 0.2) is 182 Å². The minimum Gasteiger partial charge on any atom is -0.228 e. The average Bonchev–Trinajstić information content (AvgIpc) is 3.32. The molecule has 9 aromatic rings. The van der Waals surface area contributed by atoms with E-state index in [-0.39, 0.29) is 17.0 Å². The first kappa shape index (κ1) is 15.0. The molecular weight excluding hydrogens is 581 g/mol. The predicted molar refractivity (Wildman–Crippen MR) is 202 cm³/mol. The maximum atomic E-state index is 9.63. The molecule has 8 aromatic carbocycles. The van der Waals surface area contributed by atoms with E-state index in [2.05, 4.69) is 4.98 Å². The van der Waals surface area contributed by atoms with Gasteiger partial charge in [0, 0.05) is 16.7 Å². The highest BCUT2D eigenvalue weighted by Gasteiger charge is 2.17. The monoisotopic (exact) mass is 628 g/mol. The summed E-state index contributed by atoms with van der Waals surface area (Å²) in [6, 6.07) is 8.85. The maximum absolute atomic E-state index is 9.63. The molecule has 224 valence electrons. The minimum atomic E-state index is -0.800. The Kier molecular flexibility index (Phi) is 3.68. The summed E-state index contributed by atoms with van der Waals surface area (Å²) in [5, 5.41) is -0.362. The van der Waals surface area contributed by atoms with E-state index in [0.29, 0.717) is 10.9 Å². The molecule has 0 unspecified atom stereocenters. The van der Waals surface area contributed by atoms with Crippen molar-refractivity contribution in [3.8, 4) is 56.2 Å². The molecule has 9 rings (SSSR count). The van der Waals surface area contributed by atoms with E-state index < -0.39 is 153 Å². The summed E-state index contributed by atoms with van der Waals surface area (Å²) in [5.74, 6) is -0.413. The third-order valence-corrected chi connectivity index (χ3v) is 7.99. The molecule has 0 fully saturated rings. The molecule has 0 amide bonds. The van der Waals surface area contributed by atoms with Gasteiger partial charge in [0.2, 0.25) is 0 Å². The van der Waals surface area contributed by atoms with Crippen LogP contribution in [0.1, 0.15) is 24.7 Å². The normalized spacial score (nSPS) is 16.6. The smallest absolute Gasteiger partial charge is 0.160 e. The summed E-state index contributed by atoms with van der Waals surface area (Å²) < 4.78 is 159. The van der Waals surface area contributed by atoms with Crippen LogP contribution in [0.25, 0.3) is 88.5 Å². The van der Waals surface area contributed by atoms with Gasteiger partial charge in [-0.15, -0.1) is 0 Å². The van der Waals surface area contributed by atoms with E-state index in [9.17, 15) is 6.85 Å². The van der Waals surface area contributed by atoms with Crippen LogP contribution in [-0.2, 0) is 0 Å². The average molecular weight is 629 g/mol. The van der Waals surface area contributed by atoms with E-state index in [1.165, 1.54) is 6.07 Å². The van der Waals surface area contributed by atoms with E-state index in [4.69, 9.17) is 22.8 Å². The van der Waals surface area contributed by atoms with Crippen molar-refractivity contribution in [2.24, 2.45) is 0 Å². The van der Waals surface area contributed by atoms with Crippen molar-refractivity contribution in [1.82, 2.24) is 9.97 Å². The van der Waals surface area contributed by atoms with E-state index >= 15 is 0 Å². The molecule has 0 saturated heterocycles. The summed E-state index contributed by atoms with van der Waals surface area (Å²) in [4.78, 5) is 9.44. The van der Waals surface area contributed by atoms with Gasteiger partial charge in [-0.3, -0.25) is 0 Å². The number of aromatic nitrogens is 2. The third-order valence-electron chi connectivity index (χ3n) is 7.99. The summed E-state index contributed by atoms with van der Waals surface area (Å²) in [6.07, 6.45) is 0. The summed E-state index contributed by atoms with van der Waals surface area (Å²) >= 11 is 0. The first-order valence-electron chi connectivity index (χ1n) is 23.9. The Labute approximate surface area is 304 Å². The van der Waals surface area contributed by atoms with Crippen molar-refractivity contribution in [2.45, 2.75) is 0 Å². The minimum absolute atomic E-state index is 0.103. The fourth-order valence-electron chi connectivity index (χ4n) is 5.80. The highest BCUT2D eigenvalue weighted by atomic mass is 14.9. The second-order valence-electron chi connectivity index (χ2n) is 10.8. The Hall–Kier alpha value is -6.38. The number of fused-ring (bicyclic) bond motifs is 3. The Morgan fingerprint density at radius 1 is 0.375 bits per heavy atom. The molecule has 0 N–H and O–H groups in total. The summed E-state index contributed by atoms with van der Waals surface area (Å²) in [6.45, 7) is 0.